The molecule has 0 saturated carbocycles. The third-order valence-corrected chi connectivity index (χ3v) is 3.89. The summed E-state index contributed by atoms with van der Waals surface area (Å²) in [6, 6.07) is 11.8. The molecule has 1 aliphatic rings. The molecule has 1 saturated heterocycles. The highest BCUT2D eigenvalue weighted by Gasteiger charge is 2.31. The number of hydrogen-bond donors (Lipinski definition) is 0. The first-order valence-electron chi connectivity index (χ1n) is 7.03. The topological polar surface area (TPSA) is 44.1 Å². The second kappa shape index (κ2) is 6.38. The van der Waals surface area contributed by atoms with Crippen molar-refractivity contribution >= 4 is 5.91 Å². The zero-order valence-corrected chi connectivity index (χ0v) is 11.4. The summed E-state index contributed by atoms with van der Waals surface area (Å²) in [6.45, 7) is 2.91. The van der Waals surface area contributed by atoms with Crippen LogP contribution < -0.4 is 0 Å². The van der Waals surface area contributed by atoms with E-state index in [2.05, 4.69) is 13.0 Å². The number of amides is 1. The molecule has 0 radical (unpaired) electrons. The van der Waals surface area contributed by atoms with Gasteiger partial charge >= 0.3 is 0 Å². The minimum absolute atomic E-state index is 0.0275. The highest BCUT2D eigenvalue weighted by Crippen LogP contribution is 2.25. The lowest BCUT2D eigenvalue weighted by Crippen LogP contribution is -2.45. The van der Waals surface area contributed by atoms with Crippen LogP contribution in [0.2, 0.25) is 0 Å². The molecule has 1 fully saturated rings. The number of hydrogen-bond acceptors (Lipinski definition) is 2. The molecule has 1 heterocycles. The standard InChI is InChI=1S/C16H20N2O/c1-2-14-10-6-7-11-18(14)16(19)15(12-17)13-8-4-3-5-9-13/h3-5,8-9,14-15H,2,6-7,10-11H2,1H3. The minimum atomic E-state index is -0.659. The number of nitriles is 1. The van der Waals surface area contributed by atoms with Crippen molar-refractivity contribution in [3.8, 4) is 6.07 Å². The number of piperidine rings is 1. The Morgan fingerprint density at radius 1 is 1.42 bits per heavy atom. The Labute approximate surface area is 114 Å². The summed E-state index contributed by atoms with van der Waals surface area (Å²) in [7, 11) is 0. The molecule has 100 valence electrons. The van der Waals surface area contributed by atoms with Crippen LogP contribution in [0.15, 0.2) is 30.3 Å². The van der Waals surface area contributed by atoms with Crippen LogP contribution >= 0.6 is 0 Å². The van der Waals surface area contributed by atoms with Crippen LogP contribution in [0, 0.1) is 11.3 Å². The lowest BCUT2D eigenvalue weighted by molar-refractivity contribution is -0.135. The maximum atomic E-state index is 12.6. The maximum absolute atomic E-state index is 12.6. The summed E-state index contributed by atoms with van der Waals surface area (Å²) < 4.78 is 0. The number of likely N-dealkylation sites (tertiary alicyclic amines) is 1. The molecule has 3 nitrogen and oxygen atoms in total. The van der Waals surface area contributed by atoms with E-state index in [1.165, 1.54) is 6.42 Å². The van der Waals surface area contributed by atoms with Crippen LogP contribution in [-0.4, -0.2) is 23.4 Å². The summed E-state index contributed by atoms with van der Waals surface area (Å²) in [5.41, 5.74) is 0.801. The molecular formula is C16H20N2O. The Morgan fingerprint density at radius 3 is 2.79 bits per heavy atom. The van der Waals surface area contributed by atoms with Crippen molar-refractivity contribution in [3.63, 3.8) is 0 Å². The molecule has 2 unspecified atom stereocenters. The Morgan fingerprint density at radius 2 is 2.16 bits per heavy atom. The van der Waals surface area contributed by atoms with Gasteiger partial charge in [0.05, 0.1) is 6.07 Å². The van der Waals surface area contributed by atoms with E-state index in [1.54, 1.807) is 0 Å². The fourth-order valence-corrected chi connectivity index (χ4v) is 2.80. The highest BCUT2D eigenvalue weighted by atomic mass is 16.2. The molecule has 1 aromatic rings. The minimum Gasteiger partial charge on any atom is -0.338 e. The molecule has 0 aliphatic carbocycles. The average Bonchev–Trinajstić information content (AvgIpc) is 2.49. The van der Waals surface area contributed by atoms with E-state index in [-0.39, 0.29) is 5.91 Å². The Hall–Kier alpha value is -1.82. The fourth-order valence-electron chi connectivity index (χ4n) is 2.80. The largest absolute Gasteiger partial charge is 0.338 e. The summed E-state index contributed by atoms with van der Waals surface area (Å²) >= 11 is 0. The number of carbonyl (C=O) groups excluding carboxylic acids is 1. The number of carbonyl (C=O) groups is 1. The molecule has 1 aromatic carbocycles. The van der Waals surface area contributed by atoms with E-state index in [4.69, 9.17) is 0 Å². The molecule has 0 N–H and O–H groups in total. The van der Waals surface area contributed by atoms with Crippen molar-refractivity contribution in [2.75, 3.05) is 6.54 Å². The second-order valence-corrected chi connectivity index (χ2v) is 5.06. The monoisotopic (exact) mass is 256 g/mol. The summed E-state index contributed by atoms with van der Waals surface area (Å²) in [6.07, 6.45) is 4.27. The summed E-state index contributed by atoms with van der Waals surface area (Å²) in [5, 5.41) is 9.34. The van der Waals surface area contributed by atoms with Crippen LogP contribution in [0.25, 0.3) is 0 Å². The van der Waals surface area contributed by atoms with E-state index < -0.39 is 5.92 Å². The molecule has 0 aromatic heterocycles. The van der Waals surface area contributed by atoms with E-state index >= 15 is 0 Å². The van der Waals surface area contributed by atoms with Gasteiger partial charge in [0.25, 0.3) is 0 Å². The zero-order valence-electron chi connectivity index (χ0n) is 11.4. The van der Waals surface area contributed by atoms with Crippen LogP contribution in [0.1, 0.15) is 44.1 Å². The molecule has 1 amide bonds. The lowest BCUT2D eigenvalue weighted by Gasteiger charge is -2.36. The predicted molar refractivity (Wildman–Crippen MR) is 74.4 cm³/mol. The maximum Gasteiger partial charge on any atom is 0.244 e. The van der Waals surface area contributed by atoms with Crippen LogP contribution in [0.4, 0.5) is 0 Å². The van der Waals surface area contributed by atoms with Gasteiger partial charge in [-0.25, -0.2) is 0 Å². The van der Waals surface area contributed by atoms with Crippen LogP contribution in [0.5, 0.6) is 0 Å². The van der Waals surface area contributed by atoms with Gasteiger partial charge in [-0.2, -0.15) is 5.26 Å². The fraction of sp³-hybridized carbons (Fsp3) is 0.500. The molecule has 1 aliphatic heterocycles. The molecule has 0 spiro atoms. The summed E-state index contributed by atoms with van der Waals surface area (Å²) in [5.74, 6) is -0.686. The van der Waals surface area contributed by atoms with Crippen LogP contribution in [-0.2, 0) is 4.79 Å². The lowest BCUT2D eigenvalue weighted by atomic mass is 9.94. The first-order valence-corrected chi connectivity index (χ1v) is 7.03. The molecular weight excluding hydrogens is 236 g/mol. The van der Waals surface area contributed by atoms with Crippen molar-refractivity contribution in [2.24, 2.45) is 0 Å². The van der Waals surface area contributed by atoms with E-state index in [0.29, 0.717) is 6.04 Å². The van der Waals surface area contributed by atoms with E-state index in [0.717, 1.165) is 31.4 Å². The predicted octanol–water partition coefficient (Wildman–Crippen LogP) is 3.08. The van der Waals surface area contributed by atoms with Gasteiger partial charge in [0.2, 0.25) is 5.91 Å². The van der Waals surface area contributed by atoms with Gasteiger partial charge < -0.3 is 4.90 Å². The third-order valence-electron chi connectivity index (χ3n) is 3.89. The number of rotatable bonds is 3. The smallest absolute Gasteiger partial charge is 0.244 e. The Kier molecular flexibility index (Phi) is 4.57. The van der Waals surface area contributed by atoms with Crippen molar-refractivity contribution in [1.29, 1.82) is 5.26 Å². The SMILES string of the molecule is CCC1CCCCN1C(=O)C(C#N)c1ccccc1. The Bertz CT molecular complexity index is 463. The van der Waals surface area contributed by atoms with Crippen molar-refractivity contribution in [3.05, 3.63) is 35.9 Å². The zero-order chi connectivity index (χ0) is 13.7. The molecule has 0 bridgehead atoms. The highest BCUT2D eigenvalue weighted by molar-refractivity contribution is 5.86. The second-order valence-electron chi connectivity index (χ2n) is 5.06. The molecule has 19 heavy (non-hydrogen) atoms. The molecule has 3 heteroatoms. The van der Waals surface area contributed by atoms with Crippen molar-refractivity contribution in [1.82, 2.24) is 4.90 Å². The van der Waals surface area contributed by atoms with Gasteiger partial charge in [0, 0.05) is 12.6 Å². The van der Waals surface area contributed by atoms with Gasteiger partial charge in [0.1, 0.15) is 5.92 Å². The molecule has 2 rings (SSSR count). The Balaban J connectivity index is 2.19. The summed E-state index contributed by atoms with van der Waals surface area (Å²) in [4.78, 5) is 14.5. The van der Waals surface area contributed by atoms with Gasteiger partial charge in [-0.15, -0.1) is 0 Å². The molecule has 2 atom stereocenters. The first-order chi connectivity index (χ1) is 9.27. The van der Waals surface area contributed by atoms with E-state index in [9.17, 15) is 10.1 Å². The number of benzene rings is 1. The normalized spacial score (nSPS) is 20.6. The third kappa shape index (κ3) is 2.96. The van der Waals surface area contributed by atoms with E-state index in [1.807, 2.05) is 35.2 Å². The number of nitrogens with zero attached hydrogens (tertiary/aromatic N) is 2. The average molecular weight is 256 g/mol. The van der Waals surface area contributed by atoms with Crippen molar-refractivity contribution in [2.45, 2.75) is 44.6 Å². The van der Waals surface area contributed by atoms with Gasteiger partial charge in [0.15, 0.2) is 0 Å². The van der Waals surface area contributed by atoms with Gasteiger partial charge in [-0.1, -0.05) is 37.3 Å². The first kappa shape index (κ1) is 13.6. The quantitative estimate of drug-likeness (QED) is 0.834. The van der Waals surface area contributed by atoms with Gasteiger partial charge in [-0.3, -0.25) is 4.79 Å². The van der Waals surface area contributed by atoms with Crippen LogP contribution in [0.3, 0.4) is 0 Å². The van der Waals surface area contributed by atoms with Gasteiger partial charge in [-0.05, 0) is 31.2 Å². The van der Waals surface area contributed by atoms with Crippen molar-refractivity contribution < 1.29 is 4.79 Å².